The van der Waals surface area contributed by atoms with E-state index in [1.165, 1.54) is 22.5 Å². The number of sulfonamides is 1. The van der Waals surface area contributed by atoms with Crippen LogP contribution in [-0.2, 0) is 10.0 Å². The zero-order valence-corrected chi connectivity index (χ0v) is 11.9. The number of carboxylic acids is 1. The maximum absolute atomic E-state index is 12.5. The van der Waals surface area contributed by atoms with E-state index in [-0.39, 0.29) is 17.1 Å². The van der Waals surface area contributed by atoms with E-state index in [1.54, 1.807) is 6.92 Å². The van der Waals surface area contributed by atoms with Gasteiger partial charge in [0.25, 0.3) is 0 Å². The van der Waals surface area contributed by atoms with Crippen molar-refractivity contribution in [3.8, 4) is 0 Å². The number of aliphatic hydroxyl groups excluding tert-OH is 1. The molecule has 0 bridgehead atoms. The van der Waals surface area contributed by atoms with E-state index in [1.807, 2.05) is 0 Å². The number of hydrogen-bond acceptors (Lipinski definition) is 4. The van der Waals surface area contributed by atoms with Gasteiger partial charge in [0.05, 0.1) is 17.1 Å². The summed E-state index contributed by atoms with van der Waals surface area (Å²) in [5.74, 6) is -1.15. The number of aromatic carboxylic acids is 1. The second kappa shape index (κ2) is 5.51. The summed E-state index contributed by atoms with van der Waals surface area (Å²) in [6.07, 6.45) is 1.31. The van der Waals surface area contributed by atoms with Crippen molar-refractivity contribution in [3.05, 3.63) is 29.3 Å². The number of nitrogens with zero attached hydrogens (tertiary/aromatic N) is 1. The minimum atomic E-state index is -3.76. The van der Waals surface area contributed by atoms with Crippen LogP contribution in [0.15, 0.2) is 23.1 Å². The van der Waals surface area contributed by atoms with Crippen molar-refractivity contribution < 1.29 is 23.4 Å². The Kier molecular flexibility index (Phi) is 4.12. The minimum absolute atomic E-state index is 0.0224. The topological polar surface area (TPSA) is 94.9 Å². The van der Waals surface area contributed by atoms with E-state index >= 15 is 0 Å². The Balaban J connectivity index is 2.44. The Morgan fingerprint density at radius 1 is 1.45 bits per heavy atom. The molecule has 1 atom stereocenters. The number of aliphatic hydroxyl groups is 1. The van der Waals surface area contributed by atoms with Gasteiger partial charge in [0.2, 0.25) is 10.0 Å². The molecule has 0 radical (unpaired) electrons. The molecule has 0 spiro atoms. The van der Waals surface area contributed by atoms with Gasteiger partial charge in [-0.25, -0.2) is 13.2 Å². The lowest BCUT2D eigenvalue weighted by Crippen LogP contribution is -2.37. The molecule has 2 N–H and O–H groups in total. The molecule has 0 amide bonds. The molecule has 1 aliphatic heterocycles. The van der Waals surface area contributed by atoms with E-state index in [4.69, 9.17) is 5.11 Å². The molecule has 1 aromatic carbocycles. The Morgan fingerprint density at radius 3 is 2.75 bits per heavy atom. The van der Waals surface area contributed by atoms with Crippen molar-refractivity contribution in [1.82, 2.24) is 4.31 Å². The predicted molar refractivity (Wildman–Crippen MR) is 72.1 cm³/mol. The molecule has 1 fully saturated rings. The first-order valence-corrected chi connectivity index (χ1v) is 7.78. The van der Waals surface area contributed by atoms with Crippen molar-refractivity contribution >= 4 is 16.0 Å². The summed E-state index contributed by atoms with van der Waals surface area (Å²) in [4.78, 5) is 11.1. The average molecular weight is 299 g/mol. The van der Waals surface area contributed by atoms with Crippen LogP contribution in [0.2, 0.25) is 0 Å². The third kappa shape index (κ3) is 2.56. The maximum atomic E-state index is 12.5. The van der Waals surface area contributed by atoms with Crippen LogP contribution in [0.4, 0.5) is 0 Å². The Morgan fingerprint density at radius 2 is 2.15 bits per heavy atom. The van der Waals surface area contributed by atoms with Crippen molar-refractivity contribution in [3.63, 3.8) is 0 Å². The minimum Gasteiger partial charge on any atom is -0.478 e. The highest BCUT2D eigenvalue weighted by Crippen LogP contribution is 2.27. The second-order valence-corrected chi connectivity index (χ2v) is 6.77. The molecule has 1 saturated heterocycles. The Bertz CT molecular complexity index is 626. The quantitative estimate of drug-likeness (QED) is 0.859. The molecule has 6 nitrogen and oxygen atoms in total. The summed E-state index contributed by atoms with van der Waals surface area (Å²) in [5, 5.41) is 18.3. The third-order valence-corrected chi connectivity index (χ3v) is 5.53. The van der Waals surface area contributed by atoms with Crippen LogP contribution in [0.1, 0.15) is 28.8 Å². The third-order valence-electron chi connectivity index (χ3n) is 3.58. The highest BCUT2D eigenvalue weighted by Gasteiger charge is 2.35. The van der Waals surface area contributed by atoms with Crippen LogP contribution in [0, 0.1) is 6.92 Å². The van der Waals surface area contributed by atoms with Gasteiger partial charge < -0.3 is 10.2 Å². The highest BCUT2D eigenvalue weighted by atomic mass is 32.2. The first kappa shape index (κ1) is 15.0. The molecule has 0 aliphatic carbocycles. The number of hydrogen-bond donors (Lipinski definition) is 2. The molecule has 0 aromatic heterocycles. The van der Waals surface area contributed by atoms with Crippen LogP contribution in [0.3, 0.4) is 0 Å². The number of aryl methyl sites for hydroxylation is 1. The van der Waals surface area contributed by atoms with E-state index in [9.17, 15) is 18.3 Å². The summed E-state index contributed by atoms with van der Waals surface area (Å²) in [7, 11) is -3.76. The summed E-state index contributed by atoms with van der Waals surface area (Å²) >= 11 is 0. The molecule has 1 heterocycles. The second-order valence-electron chi connectivity index (χ2n) is 4.88. The van der Waals surface area contributed by atoms with Gasteiger partial charge in [0, 0.05) is 12.6 Å². The van der Waals surface area contributed by atoms with Crippen LogP contribution in [-0.4, -0.2) is 48.1 Å². The molecular formula is C13H17NO5S. The smallest absolute Gasteiger partial charge is 0.335 e. The first-order chi connectivity index (χ1) is 9.37. The molecule has 20 heavy (non-hydrogen) atoms. The first-order valence-electron chi connectivity index (χ1n) is 6.34. The van der Waals surface area contributed by atoms with E-state index in [0.717, 1.165) is 0 Å². The van der Waals surface area contributed by atoms with Crippen LogP contribution in [0.5, 0.6) is 0 Å². The zero-order valence-electron chi connectivity index (χ0n) is 11.1. The monoisotopic (exact) mass is 299 g/mol. The van der Waals surface area contributed by atoms with Gasteiger partial charge in [0.1, 0.15) is 0 Å². The Labute approximate surface area is 117 Å². The van der Waals surface area contributed by atoms with E-state index < -0.39 is 22.0 Å². The fraction of sp³-hybridized carbons (Fsp3) is 0.462. The fourth-order valence-corrected chi connectivity index (χ4v) is 4.15. The average Bonchev–Trinajstić information content (AvgIpc) is 2.87. The summed E-state index contributed by atoms with van der Waals surface area (Å²) in [5.41, 5.74) is 0.488. The van der Waals surface area contributed by atoms with Crippen molar-refractivity contribution in [2.24, 2.45) is 0 Å². The van der Waals surface area contributed by atoms with Gasteiger partial charge >= 0.3 is 5.97 Å². The fourth-order valence-electron chi connectivity index (χ4n) is 2.44. The number of carbonyl (C=O) groups is 1. The van der Waals surface area contributed by atoms with Crippen LogP contribution in [0.25, 0.3) is 0 Å². The van der Waals surface area contributed by atoms with Gasteiger partial charge in [-0.2, -0.15) is 4.31 Å². The van der Waals surface area contributed by atoms with Crippen molar-refractivity contribution in [1.29, 1.82) is 0 Å². The van der Waals surface area contributed by atoms with Crippen molar-refractivity contribution in [2.75, 3.05) is 13.2 Å². The molecule has 2 rings (SSSR count). The SMILES string of the molecule is Cc1ccc(S(=O)(=O)N2CCCC2CO)cc1C(=O)O. The normalized spacial score (nSPS) is 20.2. The molecule has 7 heteroatoms. The highest BCUT2D eigenvalue weighted by molar-refractivity contribution is 7.89. The maximum Gasteiger partial charge on any atom is 0.335 e. The molecule has 1 unspecified atom stereocenters. The zero-order chi connectivity index (χ0) is 14.9. The van der Waals surface area contributed by atoms with Crippen molar-refractivity contribution in [2.45, 2.75) is 30.7 Å². The van der Waals surface area contributed by atoms with Gasteiger partial charge in [0.15, 0.2) is 0 Å². The van der Waals surface area contributed by atoms with Gasteiger partial charge in [-0.15, -0.1) is 0 Å². The largest absolute Gasteiger partial charge is 0.478 e. The number of benzene rings is 1. The lowest BCUT2D eigenvalue weighted by atomic mass is 10.1. The van der Waals surface area contributed by atoms with Gasteiger partial charge in [-0.05, 0) is 37.5 Å². The molecule has 110 valence electrons. The number of carboxylic acid groups (broad SMARTS) is 1. The van der Waals surface area contributed by atoms with Crippen LogP contribution < -0.4 is 0 Å². The molecular weight excluding hydrogens is 282 g/mol. The lowest BCUT2D eigenvalue weighted by Gasteiger charge is -2.22. The van der Waals surface area contributed by atoms with E-state index in [2.05, 4.69) is 0 Å². The Hall–Kier alpha value is -1.44. The summed E-state index contributed by atoms with van der Waals surface area (Å²) < 4.78 is 26.3. The number of rotatable bonds is 4. The standard InChI is InChI=1S/C13H17NO5S/c1-9-4-5-11(7-12(9)13(16)17)20(18,19)14-6-2-3-10(14)8-15/h4-5,7,10,15H,2-3,6,8H2,1H3,(H,16,17). The predicted octanol–water partition coefficient (Wildman–Crippen LogP) is 0.839. The molecule has 1 aliphatic rings. The summed E-state index contributed by atoms with van der Waals surface area (Å²) in [6.45, 7) is 1.74. The van der Waals surface area contributed by atoms with Gasteiger partial charge in [-0.3, -0.25) is 0 Å². The lowest BCUT2D eigenvalue weighted by molar-refractivity contribution is 0.0696. The molecule has 1 aromatic rings. The molecule has 0 saturated carbocycles. The van der Waals surface area contributed by atoms with Gasteiger partial charge in [-0.1, -0.05) is 6.07 Å². The summed E-state index contributed by atoms with van der Waals surface area (Å²) in [6, 6.07) is 3.65. The van der Waals surface area contributed by atoms with E-state index in [0.29, 0.717) is 24.9 Å². The van der Waals surface area contributed by atoms with Crippen LogP contribution >= 0.6 is 0 Å².